The molecule has 0 radical (unpaired) electrons. The molecule has 2 N–H and O–H groups in total. The third-order valence-electron chi connectivity index (χ3n) is 4.72. The van der Waals surface area contributed by atoms with Gasteiger partial charge in [0.15, 0.2) is 0 Å². The van der Waals surface area contributed by atoms with Gasteiger partial charge in [-0.05, 0) is 43.9 Å². The Balaban J connectivity index is 1.55. The minimum absolute atomic E-state index is 0.114. The van der Waals surface area contributed by atoms with Gasteiger partial charge in [0.1, 0.15) is 0 Å². The number of aryl methyl sites for hydroxylation is 1. The molecule has 5 heteroatoms. The van der Waals surface area contributed by atoms with Crippen molar-refractivity contribution in [1.29, 1.82) is 0 Å². The van der Waals surface area contributed by atoms with E-state index in [0.29, 0.717) is 6.04 Å². The molecule has 1 aliphatic rings. The highest BCUT2D eigenvalue weighted by Gasteiger charge is 2.18. The number of aliphatic hydroxyl groups excluding tert-OH is 1. The van der Waals surface area contributed by atoms with Gasteiger partial charge in [0, 0.05) is 50.3 Å². The maximum atomic E-state index is 9.66. The fraction of sp³-hybridized carbons (Fsp3) is 0.526. The molecule has 24 heavy (non-hydrogen) atoms. The Hall–Kier alpha value is -1.85. The SMILES string of the molecule is CC(CCn1cccn1)Nc1ccccc1CN1CCC(O)CC1. The van der Waals surface area contributed by atoms with E-state index in [0.717, 1.165) is 45.4 Å². The number of nitrogens with one attached hydrogen (secondary N) is 1. The third kappa shape index (κ3) is 4.82. The van der Waals surface area contributed by atoms with Gasteiger partial charge < -0.3 is 10.4 Å². The summed E-state index contributed by atoms with van der Waals surface area (Å²) >= 11 is 0. The Morgan fingerprint density at radius 1 is 1.25 bits per heavy atom. The zero-order valence-corrected chi connectivity index (χ0v) is 14.4. The summed E-state index contributed by atoms with van der Waals surface area (Å²) in [6, 6.07) is 10.9. The van der Waals surface area contributed by atoms with Crippen LogP contribution >= 0.6 is 0 Å². The van der Waals surface area contributed by atoms with Crippen LogP contribution in [0.2, 0.25) is 0 Å². The van der Waals surface area contributed by atoms with Crippen molar-refractivity contribution >= 4 is 5.69 Å². The van der Waals surface area contributed by atoms with Crippen molar-refractivity contribution in [3.05, 3.63) is 48.3 Å². The highest BCUT2D eigenvalue weighted by Crippen LogP contribution is 2.21. The lowest BCUT2D eigenvalue weighted by Crippen LogP contribution is -2.35. The van der Waals surface area contributed by atoms with Gasteiger partial charge >= 0.3 is 0 Å². The normalized spacial score (nSPS) is 17.8. The number of likely N-dealkylation sites (tertiary alicyclic amines) is 1. The summed E-state index contributed by atoms with van der Waals surface area (Å²) in [5.74, 6) is 0. The van der Waals surface area contributed by atoms with Crippen LogP contribution in [-0.4, -0.2) is 45.0 Å². The van der Waals surface area contributed by atoms with Gasteiger partial charge in [0.25, 0.3) is 0 Å². The molecule has 130 valence electrons. The number of piperidine rings is 1. The van der Waals surface area contributed by atoms with Crippen LogP contribution in [0.15, 0.2) is 42.7 Å². The van der Waals surface area contributed by atoms with Crippen LogP contribution in [0.4, 0.5) is 5.69 Å². The predicted octanol–water partition coefficient (Wildman–Crippen LogP) is 2.73. The van der Waals surface area contributed by atoms with Gasteiger partial charge in [0.05, 0.1) is 6.10 Å². The van der Waals surface area contributed by atoms with E-state index in [-0.39, 0.29) is 6.10 Å². The standard InChI is InChI=1S/C19H28N4O/c1-16(7-14-23-11-4-10-20-23)21-19-6-3-2-5-17(19)15-22-12-8-18(24)9-13-22/h2-6,10-11,16,18,21,24H,7-9,12-15H2,1H3. The average molecular weight is 328 g/mol. The second-order valence-electron chi connectivity index (χ2n) is 6.77. The maximum absolute atomic E-state index is 9.66. The second-order valence-corrected chi connectivity index (χ2v) is 6.77. The first kappa shape index (κ1) is 17.0. The van der Waals surface area contributed by atoms with E-state index in [1.807, 2.05) is 23.1 Å². The van der Waals surface area contributed by atoms with Crippen molar-refractivity contribution in [3.8, 4) is 0 Å². The first-order valence-electron chi connectivity index (χ1n) is 8.93. The monoisotopic (exact) mass is 328 g/mol. The van der Waals surface area contributed by atoms with Crippen molar-refractivity contribution < 1.29 is 5.11 Å². The molecule has 0 spiro atoms. The van der Waals surface area contributed by atoms with Gasteiger partial charge in [-0.3, -0.25) is 9.58 Å². The molecule has 0 bridgehead atoms. The summed E-state index contributed by atoms with van der Waals surface area (Å²) in [4.78, 5) is 2.43. The predicted molar refractivity (Wildman–Crippen MR) is 96.9 cm³/mol. The summed E-state index contributed by atoms with van der Waals surface area (Å²) in [6.45, 7) is 6.04. The van der Waals surface area contributed by atoms with Crippen LogP contribution in [0.25, 0.3) is 0 Å². The molecule has 1 aromatic carbocycles. The van der Waals surface area contributed by atoms with Gasteiger partial charge in [-0.1, -0.05) is 18.2 Å². The molecule has 5 nitrogen and oxygen atoms in total. The molecule has 1 saturated heterocycles. The van der Waals surface area contributed by atoms with Crippen LogP contribution < -0.4 is 5.32 Å². The van der Waals surface area contributed by atoms with E-state index in [4.69, 9.17) is 0 Å². The minimum Gasteiger partial charge on any atom is -0.393 e. The molecule has 0 amide bonds. The average Bonchev–Trinajstić information content (AvgIpc) is 3.10. The molecular formula is C19H28N4O. The Kier molecular flexibility index (Phi) is 5.88. The molecule has 1 unspecified atom stereocenters. The Labute approximate surface area is 144 Å². The van der Waals surface area contributed by atoms with Crippen molar-refractivity contribution in [2.45, 2.75) is 51.4 Å². The van der Waals surface area contributed by atoms with Gasteiger partial charge in [-0.25, -0.2) is 0 Å². The quantitative estimate of drug-likeness (QED) is 0.820. The molecule has 1 atom stereocenters. The minimum atomic E-state index is -0.114. The molecule has 1 aliphatic heterocycles. The Bertz CT molecular complexity index is 606. The van der Waals surface area contributed by atoms with Crippen LogP contribution in [0, 0.1) is 0 Å². The lowest BCUT2D eigenvalue weighted by Gasteiger charge is -2.30. The number of anilines is 1. The number of rotatable bonds is 7. The number of benzene rings is 1. The van der Waals surface area contributed by atoms with Crippen molar-refractivity contribution in [3.63, 3.8) is 0 Å². The smallest absolute Gasteiger partial charge is 0.0564 e. The highest BCUT2D eigenvalue weighted by atomic mass is 16.3. The van der Waals surface area contributed by atoms with E-state index in [2.05, 4.69) is 46.5 Å². The van der Waals surface area contributed by atoms with E-state index >= 15 is 0 Å². The summed E-state index contributed by atoms with van der Waals surface area (Å²) in [7, 11) is 0. The Morgan fingerprint density at radius 3 is 2.79 bits per heavy atom. The molecule has 2 aromatic rings. The van der Waals surface area contributed by atoms with Crippen molar-refractivity contribution in [2.75, 3.05) is 18.4 Å². The zero-order chi connectivity index (χ0) is 16.8. The molecule has 0 saturated carbocycles. The molecule has 1 fully saturated rings. The van der Waals surface area contributed by atoms with Crippen LogP contribution in [0.1, 0.15) is 31.7 Å². The van der Waals surface area contributed by atoms with Crippen LogP contribution in [0.3, 0.4) is 0 Å². The Morgan fingerprint density at radius 2 is 2.04 bits per heavy atom. The van der Waals surface area contributed by atoms with Crippen LogP contribution in [-0.2, 0) is 13.1 Å². The van der Waals surface area contributed by atoms with Gasteiger partial charge in [-0.15, -0.1) is 0 Å². The number of para-hydroxylation sites is 1. The lowest BCUT2D eigenvalue weighted by molar-refractivity contribution is 0.0793. The van der Waals surface area contributed by atoms with E-state index < -0.39 is 0 Å². The summed E-state index contributed by atoms with van der Waals surface area (Å²) < 4.78 is 1.98. The molecule has 1 aromatic heterocycles. The number of nitrogens with zero attached hydrogens (tertiary/aromatic N) is 3. The van der Waals surface area contributed by atoms with E-state index in [1.165, 1.54) is 11.3 Å². The summed E-state index contributed by atoms with van der Waals surface area (Å²) in [6.07, 6.45) is 6.52. The highest BCUT2D eigenvalue weighted by molar-refractivity contribution is 5.51. The van der Waals surface area contributed by atoms with Gasteiger partial charge in [-0.2, -0.15) is 5.10 Å². The molecular weight excluding hydrogens is 300 g/mol. The zero-order valence-electron chi connectivity index (χ0n) is 14.4. The topological polar surface area (TPSA) is 53.3 Å². The molecule has 0 aliphatic carbocycles. The summed E-state index contributed by atoms with van der Waals surface area (Å²) in [5, 5.41) is 17.6. The second kappa shape index (κ2) is 8.31. The fourth-order valence-electron chi connectivity index (χ4n) is 3.21. The largest absolute Gasteiger partial charge is 0.393 e. The number of aromatic nitrogens is 2. The number of aliphatic hydroxyl groups is 1. The third-order valence-corrected chi connectivity index (χ3v) is 4.72. The number of hydrogen-bond acceptors (Lipinski definition) is 4. The fourth-order valence-corrected chi connectivity index (χ4v) is 3.21. The van der Waals surface area contributed by atoms with E-state index in [9.17, 15) is 5.11 Å². The first-order chi connectivity index (χ1) is 11.7. The van der Waals surface area contributed by atoms with Crippen LogP contribution in [0.5, 0.6) is 0 Å². The van der Waals surface area contributed by atoms with Crippen molar-refractivity contribution in [2.24, 2.45) is 0 Å². The van der Waals surface area contributed by atoms with E-state index in [1.54, 1.807) is 0 Å². The van der Waals surface area contributed by atoms with Crippen molar-refractivity contribution in [1.82, 2.24) is 14.7 Å². The molecule has 3 rings (SSSR count). The first-order valence-corrected chi connectivity index (χ1v) is 8.93. The van der Waals surface area contributed by atoms with Gasteiger partial charge in [0.2, 0.25) is 0 Å². The lowest BCUT2D eigenvalue weighted by atomic mass is 10.1. The number of hydrogen-bond donors (Lipinski definition) is 2. The molecule has 2 heterocycles. The maximum Gasteiger partial charge on any atom is 0.0564 e. The summed E-state index contributed by atoms with van der Waals surface area (Å²) in [5.41, 5.74) is 2.55.